The van der Waals surface area contributed by atoms with Crippen molar-refractivity contribution in [2.45, 2.75) is 19.9 Å². The Morgan fingerprint density at radius 1 is 1.36 bits per heavy atom. The molecule has 0 aromatic heterocycles. The smallest absolute Gasteiger partial charge is 0.117 e. The fraction of sp³-hybridized carbons (Fsp3) is 0.333. The van der Waals surface area contributed by atoms with E-state index in [2.05, 4.69) is 19.2 Å². The quantitative estimate of drug-likeness (QED) is 0.679. The van der Waals surface area contributed by atoms with Crippen LogP contribution in [0.1, 0.15) is 13.8 Å². The lowest BCUT2D eigenvalue weighted by Crippen LogP contribution is -2.08. The fourth-order valence-electron chi connectivity index (χ4n) is 0.929. The largest absolute Gasteiger partial charge is 0.508 e. The highest BCUT2D eigenvalue weighted by Crippen LogP contribution is 2.15. The average molecular weight is 151 g/mol. The van der Waals surface area contributed by atoms with Gasteiger partial charge in [0.1, 0.15) is 5.75 Å². The molecule has 0 aliphatic carbocycles. The zero-order chi connectivity index (χ0) is 8.27. The van der Waals surface area contributed by atoms with E-state index in [-0.39, 0.29) is 0 Å². The molecule has 0 bridgehead atoms. The Kier molecular flexibility index (Phi) is 2.36. The van der Waals surface area contributed by atoms with Crippen LogP contribution in [0.15, 0.2) is 24.3 Å². The molecule has 1 aromatic rings. The van der Waals surface area contributed by atoms with Crippen molar-refractivity contribution in [2.24, 2.45) is 0 Å². The van der Waals surface area contributed by atoms with Gasteiger partial charge >= 0.3 is 0 Å². The maximum atomic E-state index is 9.09. The van der Waals surface area contributed by atoms with Crippen molar-refractivity contribution in [1.29, 1.82) is 0 Å². The molecular formula is C9H13NO. The molecule has 2 N–H and O–H groups in total. The van der Waals surface area contributed by atoms with Gasteiger partial charge in [-0.1, -0.05) is 6.07 Å². The molecule has 0 radical (unpaired) electrons. The second kappa shape index (κ2) is 3.28. The number of aromatic hydroxyl groups is 1. The molecule has 0 heterocycles. The summed E-state index contributed by atoms with van der Waals surface area (Å²) in [4.78, 5) is 0. The first kappa shape index (κ1) is 7.92. The third kappa shape index (κ3) is 2.50. The Balaban J connectivity index is 2.71. The molecule has 0 amide bonds. The summed E-state index contributed by atoms with van der Waals surface area (Å²) in [6.07, 6.45) is 0. The highest BCUT2D eigenvalue weighted by atomic mass is 16.3. The summed E-state index contributed by atoms with van der Waals surface area (Å²) in [5.74, 6) is 0.302. The minimum atomic E-state index is 0.302. The first-order valence-electron chi connectivity index (χ1n) is 3.74. The predicted octanol–water partition coefficient (Wildman–Crippen LogP) is 2.21. The highest BCUT2D eigenvalue weighted by Gasteiger charge is 1.94. The van der Waals surface area contributed by atoms with Crippen molar-refractivity contribution in [3.63, 3.8) is 0 Å². The van der Waals surface area contributed by atoms with Crippen molar-refractivity contribution in [1.82, 2.24) is 0 Å². The lowest BCUT2D eigenvalue weighted by Gasteiger charge is -2.09. The van der Waals surface area contributed by atoms with Crippen LogP contribution in [-0.2, 0) is 0 Å². The van der Waals surface area contributed by atoms with E-state index in [0.29, 0.717) is 11.8 Å². The van der Waals surface area contributed by atoms with Crippen molar-refractivity contribution >= 4 is 5.69 Å². The number of benzene rings is 1. The standard InChI is InChI=1S/C9H13NO/c1-7(2)10-8-4-3-5-9(11)6-8/h3-7,10-11H,1-2H3. The van der Waals surface area contributed by atoms with Crippen LogP contribution in [0.5, 0.6) is 5.75 Å². The SMILES string of the molecule is CC(C)Nc1cccc(O)c1. The van der Waals surface area contributed by atoms with Crippen molar-refractivity contribution in [2.75, 3.05) is 5.32 Å². The summed E-state index contributed by atoms with van der Waals surface area (Å²) in [6, 6.07) is 7.52. The average Bonchev–Trinajstić information content (AvgIpc) is 1.85. The monoisotopic (exact) mass is 151 g/mol. The van der Waals surface area contributed by atoms with Gasteiger partial charge in [-0.3, -0.25) is 0 Å². The second-order valence-corrected chi connectivity index (χ2v) is 2.85. The molecule has 0 saturated heterocycles. The summed E-state index contributed by atoms with van der Waals surface area (Å²) >= 11 is 0. The molecule has 1 aromatic carbocycles. The van der Waals surface area contributed by atoms with Crippen LogP contribution in [0.4, 0.5) is 5.69 Å². The van der Waals surface area contributed by atoms with Gasteiger partial charge in [0.15, 0.2) is 0 Å². The van der Waals surface area contributed by atoms with E-state index in [1.807, 2.05) is 12.1 Å². The van der Waals surface area contributed by atoms with Gasteiger partial charge in [0.2, 0.25) is 0 Å². The zero-order valence-corrected chi connectivity index (χ0v) is 6.83. The van der Waals surface area contributed by atoms with E-state index in [9.17, 15) is 0 Å². The molecule has 0 saturated carbocycles. The van der Waals surface area contributed by atoms with Crippen LogP contribution in [0, 0.1) is 0 Å². The van der Waals surface area contributed by atoms with Gasteiger partial charge in [-0.2, -0.15) is 0 Å². The van der Waals surface area contributed by atoms with Crippen LogP contribution in [0.3, 0.4) is 0 Å². The van der Waals surface area contributed by atoms with Crippen LogP contribution in [0.25, 0.3) is 0 Å². The van der Waals surface area contributed by atoms with Crippen LogP contribution < -0.4 is 5.32 Å². The molecular weight excluding hydrogens is 138 g/mol. The first-order chi connectivity index (χ1) is 5.18. The van der Waals surface area contributed by atoms with Crippen molar-refractivity contribution in [3.8, 4) is 5.75 Å². The minimum Gasteiger partial charge on any atom is -0.508 e. The van der Waals surface area contributed by atoms with Crippen LogP contribution >= 0.6 is 0 Å². The van der Waals surface area contributed by atoms with Gasteiger partial charge in [0, 0.05) is 17.8 Å². The lowest BCUT2D eigenvalue weighted by molar-refractivity contribution is 0.475. The normalized spacial score (nSPS) is 10.1. The molecule has 11 heavy (non-hydrogen) atoms. The number of phenols is 1. The zero-order valence-electron chi connectivity index (χ0n) is 6.83. The Morgan fingerprint density at radius 2 is 2.09 bits per heavy atom. The van der Waals surface area contributed by atoms with E-state index in [1.54, 1.807) is 12.1 Å². The number of phenolic OH excluding ortho intramolecular Hbond substituents is 1. The maximum Gasteiger partial charge on any atom is 0.117 e. The van der Waals surface area contributed by atoms with E-state index < -0.39 is 0 Å². The van der Waals surface area contributed by atoms with E-state index in [1.165, 1.54) is 0 Å². The Bertz CT molecular complexity index is 233. The van der Waals surface area contributed by atoms with E-state index >= 15 is 0 Å². The van der Waals surface area contributed by atoms with Crippen LogP contribution in [-0.4, -0.2) is 11.1 Å². The highest BCUT2D eigenvalue weighted by molar-refractivity contribution is 5.47. The number of hydrogen-bond donors (Lipinski definition) is 2. The molecule has 2 nitrogen and oxygen atoms in total. The molecule has 0 aliphatic heterocycles. The molecule has 0 unspecified atom stereocenters. The van der Waals surface area contributed by atoms with Crippen molar-refractivity contribution in [3.05, 3.63) is 24.3 Å². The third-order valence-corrected chi connectivity index (χ3v) is 1.30. The van der Waals surface area contributed by atoms with Gasteiger partial charge in [0.25, 0.3) is 0 Å². The van der Waals surface area contributed by atoms with E-state index in [4.69, 9.17) is 5.11 Å². The van der Waals surface area contributed by atoms with Gasteiger partial charge in [-0.05, 0) is 26.0 Å². The Labute approximate surface area is 66.9 Å². The molecule has 0 atom stereocenters. The number of anilines is 1. The fourth-order valence-corrected chi connectivity index (χ4v) is 0.929. The van der Waals surface area contributed by atoms with Crippen molar-refractivity contribution < 1.29 is 5.11 Å². The molecule has 0 aliphatic rings. The summed E-state index contributed by atoms with van der Waals surface area (Å²) in [5.41, 5.74) is 0.958. The third-order valence-electron chi connectivity index (χ3n) is 1.30. The summed E-state index contributed by atoms with van der Waals surface area (Å²) in [7, 11) is 0. The molecule has 0 spiro atoms. The number of rotatable bonds is 2. The first-order valence-corrected chi connectivity index (χ1v) is 3.74. The Hall–Kier alpha value is -1.18. The van der Waals surface area contributed by atoms with Gasteiger partial charge in [0.05, 0.1) is 0 Å². The van der Waals surface area contributed by atoms with Gasteiger partial charge in [-0.25, -0.2) is 0 Å². The molecule has 2 heteroatoms. The molecule has 0 fully saturated rings. The summed E-state index contributed by atoms with van der Waals surface area (Å²) in [6.45, 7) is 4.12. The van der Waals surface area contributed by atoms with Gasteiger partial charge < -0.3 is 10.4 Å². The predicted molar refractivity (Wildman–Crippen MR) is 46.9 cm³/mol. The minimum absolute atomic E-state index is 0.302. The second-order valence-electron chi connectivity index (χ2n) is 2.85. The molecule has 1 rings (SSSR count). The summed E-state index contributed by atoms with van der Waals surface area (Å²) in [5, 5.41) is 12.3. The topological polar surface area (TPSA) is 32.3 Å². The molecule has 60 valence electrons. The number of nitrogens with one attached hydrogen (secondary N) is 1. The van der Waals surface area contributed by atoms with E-state index in [0.717, 1.165) is 5.69 Å². The maximum absolute atomic E-state index is 9.09. The lowest BCUT2D eigenvalue weighted by atomic mass is 10.3. The van der Waals surface area contributed by atoms with Crippen LogP contribution in [0.2, 0.25) is 0 Å². The summed E-state index contributed by atoms with van der Waals surface area (Å²) < 4.78 is 0. The number of hydrogen-bond acceptors (Lipinski definition) is 2. The van der Waals surface area contributed by atoms with Gasteiger partial charge in [-0.15, -0.1) is 0 Å². The Morgan fingerprint density at radius 3 is 2.64 bits per heavy atom.